The number of aromatic nitrogens is 1. The lowest BCUT2D eigenvalue weighted by molar-refractivity contribution is -0.116. The standard InChI is InChI=1S/C22H27N3O/c1-18-7-6-8-19(15-18)10-12-22(26)24-17-20-9-11-21(23-16-20)25-13-4-2-3-5-14-25/h6-12,15-16H,2-5,13-14,17H2,1H3,(H,24,26). The summed E-state index contributed by atoms with van der Waals surface area (Å²) in [4.78, 5) is 18.9. The Hall–Kier alpha value is -2.62. The Morgan fingerprint density at radius 3 is 2.65 bits per heavy atom. The van der Waals surface area contributed by atoms with E-state index < -0.39 is 0 Å². The number of aryl methyl sites for hydroxylation is 1. The molecule has 2 aromatic rings. The third-order valence-electron chi connectivity index (χ3n) is 4.68. The maximum absolute atomic E-state index is 12.0. The van der Waals surface area contributed by atoms with Crippen molar-refractivity contribution in [2.24, 2.45) is 0 Å². The third-order valence-corrected chi connectivity index (χ3v) is 4.68. The molecule has 1 aliphatic rings. The molecule has 26 heavy (non-hydrogen) atoms. The number of anilines is 1. The molecule has 1 aromatic carbocycles. The summed E-state index contributed by atoms with van der Waals surface area (Å²) < 4.78 is 0. The Kier molecular flexibility index (Phi) is 6.42. The van der Waals surface area contributed by atoms with Crippen molar-refractivity contribution in [3.8, 4) is 0 Å². The van der Waals surface area contributed by atoms with Gasteiger partial charge in [0.2, 0.25) is 5.91 Å². The number of pyridine rings is 1. The van der Waals surface area contributed by atoms with Crippen molar-refractivity contribution in [2.75, 3.05) is 18.0 Å². The van der Waals surface area contributed by atoms with Gasteiger partial charge in [-0.05, 0) is 43.0 Å². The average molecular weight is 349 g/mol. The molecule has 3 rings (SSSR count). The van der Waals surface area contributed by atoms with Gasteiger partial charge >= 0.3 is 0 Å². The van der Waals surface area contributed by atoms with Crippen LogP contribution in [0.15, 0.2) is 48.7 Å². The second kappa shape index (κ2) is 9.18. The first kappa shape index (κ1) is 18.2. The van der Waals surface area contributed by atoms with E-state index in [0.29, 0.717) is 6.54 Å². The van der Waals surface area contributed by atoms with E-state index in [4.69, 9.17) is 0 Å². The Morgan fingerprint density at radius 1 is 1.15 bits per heavy atom. The monoisotopic (exact) mass is 349 g/mol. The summed E-state index contributed by atoms with van der Waals surface area (Å²) in [6.45, 7) is 4.71. The quantitative estimate of drug-likeness (QED) is 0.827. The first-order chi connectivity index (χ1) is 12.7. The Morgan fingerprint density at radius 2 is 1.96 bits per heavy atom. The molecule has 1 aromatic heterocycles. The van der Waals surface area contributed by atoms with Crippen LogP contribution in [0.1, 0.15) is 42.4 Å². The number of amides is 1. The molecule has 0 aliphatic carbocycles. The molecule has 1 saturated heterocycles. The van der Waals surface area contributed by atoms with Gasteiger partial charge in [-0.25, -0.2) is 4.98 Å². The van der Waals surface area contributed by atoms with Crippen LogP contribution in [-0.2, 0) is 11.3 Å². The van der Waals surface area contributed by atoms with Crippen LogP contribution >= 0.6 is 0 Å². The number of nitrogens with zero attached hydrogens (tertiary/aromatic N) is 2. The van der Waals surface area contributed by atoms with Crippen LogP contribution in [0.2, 0.25) is 0 Å². The highest BCUT2D eigenvalue weighted by Gasteiger charge is 2.10. The summed E-state index contributed by atoms with van der Waals surface area (Å²) in [5.41, 5.74) is 3.23. The molecule has 0 radical (unpaired) electrons. The van der Waals surface area contributed by atoms with Crippen molar-refractivity contribution in [2.45, 2.75) is 39.2 Å². The fourth-order valence-electron chi connectivity index (χ4n) is 3.20. The molecule has 136 valence electrons. The number of carbonyl (C=O) groups excluding carboxylic acids is 1. The van der Waals surface area contributed by atoms with Crippen LogP contribution < -0.4 is 10.2 Å². The molecule has 0 atom stereocenters. The number of hydrogen-bond donors (Lipinski definition) is 1. The summed E-state index contributed by atoms with van der Waals surface area (Å²) in [5, 5.41) is 2.91. The normalized spacial score (nSPS) is 15.0. The predicted molar refractivity (Wildman–Crippen MR) is 107 cm³/mol. The lowest BCUT2D eigenvalue weighted by atomic mass is 10.1. The summed E-state index contributed by atoms with van der Waals surface area (Å²) in [5.74, 6) is 0.949. The van der Waals surface area contributed by atoms with Gasteiger partial charge in [0.15, 0.2) is 0 Å². The van der Waals surface area contributed by atoms with E-state index in [0.717, 1.165) is 30.0 Å². The first-order valence-corrected chi connectivity index (χ1v) is 9.43. The van der Waals surface area contributed by atoms with Crippen LogP contribution in [0.25, 0.3) is 6.08 Å². The minimum atomic E-state index is -0.0944. The number of carbonyl (C=O) groups is 1. The molecule has 4 heteroatoms. The molecular weight excluding hydrogens is 322 g/mol. The summed E-state index contributed by atoms with van der Waals surface area (Å²) in [7, 11) is 0. The van der Waals surface area contributed by atoms with Gasteiger partial charge in [0.05, 0.1) is 0 Å². The zero-order chi connectivity index (χ0) is 18.2. The van der Waals surface area contributed by atoms with E-state index in [1.807, 2.05) is 37.4 Å². The molecule has 1 aliphatic heterocycles. The van der Waals surface area contributed by atoms with E-state index in [2.05, 4.69) is 33.4 Å². The summed E-state index contributed by atoms with van der Waals surface area (Å²) >= 11 is 0. The molecule has 4 nitrogen and oxygen atoms in total. The number of nitrogens with one attached hydrogen (secondary N) is 1. The van der Waals surface area contributed by atoms with Crippen LogP contribution in [0.4, 0.5) is 5.82 Å². The molecule has 0 spiro atoms. The fourth-order valence-corrected chi connectivity index (χ4v) is 3.20. The van der Waals surface area contributed by atoms with Crippen LogP contribution in [-0.4, -0.2) is 24.0 Å². The van der Waals surface area contributed by atoms with Gasteiger partial charge in [-0.2, -0.15) is 0 Å². The molecule has 1 N–H and O–H groups in total. The first-order valence-electron chi connectivity index (χ1n) is 9.43. The molecule has 1 amide bonds. The molecule has 0 saturated carbocycles. The smallest absolute Gasteiger partial charge is 0.244 e. The Balaban J connectivity index is 1.50. The lowest BCUT2D eigenvalue weighted by Crippen LogP contribution is -2.25. The second-order valence-corrected chi connectivity index (χ2v) is 6.89. The van der Waals surface area contributed by atoms with Crippen molar-refractivity contribution >= 4 is 17.8 Å². The highest BCUT2D eigenvalue weighted by Crippen LogP contribution is 2.17. The van der Waals surface area contributed by atoms with E-state index >= 15 is 0 Å². The van der Waals surface area contributed by atoms with Gasteiger partial charge in [0.25, 0.3) is 0 Å². The van der Waals surface area contributed by atoms with Crippen molar-refractivity contribution in [3.63, 3.8) is 0 Å². The van der Waals surface area contributed by atoms with Gasteiger partial charge < -0.3 is 10.2 Å². The Bertz CT molecular complexity index is 744. The summed E-state index contributed by atoms with van der Waals surface area (Å²) in [6.07, 6.45) is 10.4. The molecule has 0 bridgehead atoms. The molecular formula is C22H27N3O. The van der Waals surface area contributed by atoms with Crippen molar-refractivity contribution in [3.05, 3.63) is 65.4 Å². The van der Waals surface area contributed by atoms with Gasteiger partial charge in [0, 0.05) is 31.9 Å². The highest BCUT2D eigenvalue weighted by atomic mass is 16.1. The van der Waals surface area contributed by atoms with Gasteiger partial charge in [-0.1, -0.05) is 48.7 Å². The van der Waals surface area contributed by atoms with Gasteiger partial charge in [0.1, 0.15) is 5.82 Å². The zero-order valence-electron chi connectivity index (χ0n) is 15.4. The van der Waals surface area contributed by atoms with Crippen molar-refractivity contribution in [1.29, 1.82) is 0 Å². The largest absolute Gasteiger partial charge is 0.357 e. The van der Waals surface area contributed by atoms with Gasteiger partial charge in [-0.3, -0.25) is 4.79 Å². The SMILES string of the molecule is Cc1cccc(C=CC(=O)NCc2ccc(N3CCCCCC3)nc2)c1. The van der Waals surface area contributed by atoms with Crippen LogP contribution in [0.3, 0.4) is 0 Å². The van der Waals surface area contributed by atoms with Crippen LogP contribution in [0, 0.1) is 6.92 Å². The minimum Gasteiger partial charge on any atom is -0.357 e. The predicted octanol–water partition coefficient (Wildman–Crippen LogP) is 4.10. The Labute approximate surface area is 155 Å². The van der Waals surface area contributed by atoms with E-state index in [-0.39, 0.29) is 5.91 Å². The fraction of sp³-hybridized carbons (Fsp3) is 0.364. The maximum atomic E-state index is 12.0. The number of rotatable bonds is 5. The second-order valence-electron chi connectivity index (χ2n) is 6.89. The minimum absolute atomic E-state index is 0.0944. The molecule has 0 unspecified atom stereocenters. The number of hydrogen-bond acceptors (Lipinski definition) is 3. The lowest BCUT2D eigenvalue weighted by Gasteiger charge is -2.21. The van der Waals surface area contributed by atoms with E-state index in [1.54, 1.807) is 6.08 Å². The van der Waals surface area contributed by atoms with Crippen molar-refractivity contribution < 1.29 is 4.79 Å². The number of benzene rings is 1. The topological polar surface area (TPSA) is 45.2 Å². The average Bonchev–Trinajstić information content (AvgIpc) is 2.95. The third kappa shape index (κ3) is 5.45. The van der Waals surface area contributed by atoms with Gasteiger partial charge in [-0.15, -0.1) is 0 Å². The van der Waals surface area contributed by atoms with E-state index in [9.17, 15) is 4.79 Å². The summed E-state index contributed by atoms with van der Waals surface area (Å²) in [6, 6.07) is 12.2. The van der Waals surface area contributed by atoms with Crippen LogP contribution in [0.5, 0.6) is 0 Å². The van der Waals surface area contributed by atoms with E-state index in [1.165, 1.54) is 31.2 Å². The maximum Gasteiger partial charge on any atom is 0.244 e. The molecule has 2 heterocycles. The molecule has 1 fully saturated rings. The zero-order valence-corrected chi connectivity index (χ0v) is 15.4. The van der Waals surface area contributed by atoms with Crippen molar-refractivity contribution in [1.82, 2.24) is 10.3 Å². The highest BCUT2D eigenvalue weighted by molar-refractivity contribution is 5.91.